The van der Waals surface area contributed by atoms with Crippen molar-refractivity contribution in [2.45, 2.75) is 40.5 Å². The first-order valence-electron chi connectivity index (χ1n) is 14.2. The van der Waals surface area contributed by atoms with Gasteiger partial charge in [-0.25, -0.2) is 0 Å². The Morgan fingerprint density at radius 2 is 1.00 bits per heavy atom. The molecule has 0 saturated carbocycles. The van der Waals surface area contributed by atoms with Gasteiger partial charge in [0.05, 0.1) is 16.4 Å². The van der Waals surface area contributed by atoms with Gasteiger partial charge < -0.3 is 9.80 Å². The van der Waals surface area contributed by atoms with Crippen LogP contribution in [0.5, 0.6) is 0 Å². The summed E-state index contributed by atoms with van der Waals surface area (Å²) in [6, 6.07) is 20.4. The van der Waals surface area contributed by atoms with Gasteiger partial charge in [-0.1, -0.05) is 93.9 Å². The highest BCUT2D eigenvalue weighted by molar-refractivity contribution is 6.47. The molecule has 2 heterocycles. The van der Waals surface area contributed by atoms with Crippen LogP contribution >= 0.6 is 11.6 Å². The normalized spacial score (nSPS) is 25.2. The summed E-state index contributed by atoms with van der Waals surface area (Å²) in [7, 11) is 0. The Morgan fingerprint density at radius 1 is 0.541 bits per heavy atom. The summed E-state index contributed by atoms with van der Waals surface area (Å²) in [5.74, 6) is 2.67. The number of hydrogen-bond acceptors (Lipinski definition) is 2. The number of nitrogens with zero attached hydrogens (tertiary/aromatic N) is 2. The Balaban J connectivity index is 1.65. The number of fused-ring (bicyclic) bond motifs is 2. The van der Waals surface area contributed by atoms with Crippen LogP contribution in [0.3, 0.4) is 0 Å². The average Bonchev–Trinajstić information content (AvgIpc) is 2.86. The molecule has 37 heavy (non-hydrogen) atoms. The first kappa shape index (κ1) is 23.4. The second-order valence-corrected chi connectivity index (χ2v) is 12.9. The number of anilines is 2. The lowest BCUT2D eigenvalue weighted by atomic mass is 9.86. The predicted octanol–water partition coefficient (Wildman–Crippen LogP) is 9.36. The molecule has 7 rings (SSSR count). The van der Waals surface area contributed by atoms with Crippen LogP contribution in [0.25, 0.3) is 43.1 Å². The lowest BCUT2D eigenvalue weighted by Crippen LogP contribution is -2.42. The highest BCUT2D eigenvalue weighted by Crippen LogP contribution is 2.53. The number of piperidine rings is 2. The van der Waals surface area contributed by atoms with Crippen molar-refractivity contribution in [3.8, 4) is 0 Å². The van der Waals surface area contributed by atoms with E-state index < -0.39 is 0 Å². The number of benzene rings is 5. The van der Waals surface area contributed by atoms with E-state index in [4.69, 9.17) is 11.6 Å². The molecule has 2 aliphatic heterocycles. The molecule has 2 nitrogen and oxygen atoms in total. The zero-order valence-electron chi connectivity index (χ0n) is 22.5. The molecule has 0 radical (unpaired) electrons. The molecular weight excluding hydrogens is 472 g/mol. The highest BCUT2D eigenvalue weighted by atomic mass is 35.5. The molecule has 5 aromatic rings. The number of rotatable bonds is 2. The van der Waals surface area contributed by atoms with Crippen molar-refractivity contribution < 1.29 is 0 Å². The maximum atomic E-state index is 7.70. The van der Waals surface area contributed by atoms with E-state index in [0.717, 1.165) is 31.2 Å². The maximum absolute atomic E-state index is 7.70. The van der Waals surface area contributed by atoms with Crippen molar-refractivity contribution >= 4 is 66.1 Å². The molecule has 4 atom stereocenters. The minimum atomic E-state index is 0.661. The third-order valence-electron chi connectivity index (χ3n) is 9.06. The molecule has 0 bridgehead atoms. The van der Waals surface area contributed by atoms with Crippen LogP contribution in [0, 0.1) is 23.7 Å². The van der Waals surface area contributed by atoms with Crippen molar-refractivity contribution in [3.63, 3.8) is 0 Å². The summed E-state index contributed by atoms with van der Waals surface area (Å²) in [5.41, 5.74) is 2.65. The van der Waals surface area contributed by atoms with E-state index in [1.54, 1.807) is 0 Å². The zero-order valence-corrected chi connectivity index (χ0v) is 23.3. The monoisotopic (exact) mass is 508 g/mol. The quantitative estimate of drug-likeness (QED) is 0.173. The lowest BCUT2D eigenvalue weighted by Gasteiger charge is -2.43. The largest absolute Gasteiger partial charge is 0.369 e. The van der Waals surface area contributed by atoms with Crippen LogP contribution in [-0.2, 0) is 0 Å². The van der Waals surface area contributed by atoms with Gasteiger partial charge in [-0.05, 0) is 63.4 Å². The van der Waals surface area contributed by atoms with E-state index in [9.17, 15) is 0 Å². The maximum Gasteiger partial charge on any atom is 0.0806 e. The summed E-state index contributed by atoms with van der Waals surface area (Å²) >= 11 is 7.70. The van der Waals surface area contributed by atoms with Gasteiger partial charge in [-0.3, -0.25) is 0 Å². The molecule has 0 amide bonds. The van der Waals surface area contributed by atoms with Crippen molar-refractivity contribution in [1.82, 2.24) is 0 Å². The van der Waals surface area contributed by atoms with Crippen LogP contribution in [0.2, 0.25) is 5.02 Å². The summed E-state index contributed by atoms with van der Waals surface area (Å²) < 4.78 is 0. The Morgan fingerprint density at radius 3 is 1.59 bits per heavy atom. The molecule has 0 aliphatic carbocycles. The molecule has 0 aromatic heterocycles. The fourth-order valence-electron chi connectivity index (χ4n) is 8.03. The van der Waals surface area contributed by atoms with Crippen molar-refractivity contribution in [2.24, 2.45) is 23.7 Å². The van der Waals surface area contributed by atoms with Crippen LogP contribution < -0.4 is 9.80 Å². The Bertz CT molecular complexity index is 1610. The summed E-state index contributed by atoms with van der Waals surface area (Å²) in [6.07, 6.45) is 2.59. The minimum absolute atomic E-state index is 0.661. The summed E-state index contributed by atoms with van der Waals surface area (Å²) in [5, 5.41) is 11.5. The molecule has 2 aliphatic rings. The number of halogens is 1. The molecule has 2 fully saturated rings. The standard InChI is InChI=1S/C34H37ClN2/c1-20-14-21(2)17-36(16-20)33-28-13-7-11-26-25-10-5-8-24-9-6-12-27(29(24)25)31(30(26)28)32(35)34(33)37-18-22(3)15-23(4)19-37/h5-13,20-23H,14-19H2,1-4H3. The van der Waals surface area contributed by atoms with E-state index in [-0.39, 0.29) is 0 Å². The summed E-state index contributed by atoms with van der Waals surface area (Å²) in [6.45, 7) is 14.0. The van der Waals surface area contributed by atoms with E-state index in [1.165, 1.54) is 67.3 Å². The smallest absolute Gasteiger partial charge is 0.0806 e. The topological polar surface area (TPSA) is 6.48 Å². The van der Waals surface area contributed by atoms with Gasteiger partial charge in [-0.15, -0.1) is 0 Å². The van der Waals surface area contributed by atoms with Gasteiger partial charge in [0.15, 0.2) is 0 Å². The second kappa shape index (κ2) is 8.67. The lowest BCUT2D eigenvalue weighted by molar-refractivity contribution is 0.351. The SMILES string of the molecule is CC1CC(C)CN(c2c(N3CC(C)CC(C)C3)c3cccc4c5cccc6cccc(c(c2Cl)c34)c65)C1. The van der Waals surface area contributed by atoms with Crippen LogP contribution in [0.15, 0.2) is 54.6 Å². The van der Waals surface area contributed by atoms with Gasteiger partial charge in [0.2, 0.25) is 0 Å². The fraction of sp³-hybridized carbons (Fsp3) is 0.412. The Kier molecular flexibility index (Phi) is 5.48. The van der Waals surface area contributed by atoms with Crippen LogP contribution in [-0.4, -0.2) is 26.2 Å². The summed E-state index contributed by atoms with van der Waals surface area (Å²) in [4.78, 5) is 5.33. The van der Waals surface area contributed by atoms with Crippen LogP contribution in [0.4, 0.5) is 11.4 Å². The first-order valence-corrected chi connectivity index (χ1v) is 14.6. The second-order valence-electron chi connectivity index (χ2n) is 12.5. The Hall–Kier alpha value is -2.71. The van der Waals surface area contributed by atoms with Crippen molar-refractivity contribution in [3.05, 3.63) is 59.6 Å². The molecule has 2 saturated heterocycles. The van der Waals surface area contributed by atoms with Gasteiger partial charge in [0.25, 0.3) is 0 Å². The molecule has 3 heteroatoms. The van der Waals surface area contributed by atoms with E-state index in [1.807, 2.05) is 0 Å². The van der Waals surface area contributed by atoms with E-state index in [0.29, 0.717) is 23.7 Å². The van der Waals surface area contributed by atoms with Crippen molar-refractivity contribution in [1.29, 1.82) is 0 Å². The van der Waals surface area contributed by atoms with Gasteiger partial charge in [0, 0.05) is 42.3 Å². The molecular formula is C34H37ClN2. The van der Waals surface area contributed by atoms with Gasteiger partial charge in [0.1, 0.15) is 0 Å². The van der Waals surface area contributed by atoms with E-state index >= 15 is 0 Å². The van der Waals surface area contributed by atoms with Gasteiger partial charge >= 0.3 is 0 Å². The van der Waals surface area contributed by atoms with E-state index in [2.05, 4.69) is 92.1 Å². The van der Waals surface area contributed by atoms with Crippen LogP contribution in [0.1, 0.15) is 40.5 Å². The molecule has 4 unspecified atom stereocenters. The third kappa shape index (κ3) is 3.59. The van der Waals surface area contributed by atoms with Gasteiger partial charge in [-0.2, -0.15) is 0 Å². The highest BCUT2D eigenvalue weighted by Gasteiger charge is 2.33. The first-order chi connectivity index (χ1) is 17.9. The average molecular weight is 509 g/mol. The van der Waals surface area contributed by atoms with Crippen molar-refractivity contribution in [2.75, 3.05) is 36.0 Å². The number of hydrogen-bond donors (Lipinski definition) is 0. The zero-order chi connectivity index (χ0) is 25.4. The predicted molar refractivity (Wildman–Crippen MR) is 163 cm³/mol. The Labute approximate surface area is 225 Å². The molecule has 0 N–H and O–H groups in total. The minimum Gasteiger partial charge on any atom is -0.369 e. The molecule has 0 spiro atoms. The third-order valence-corrected chi connectivity index (χ3v) is 9.42. The molecule has 190 valence electrons. The molecule has 5 aromatic carbocycles. The fourth-order valence-corrected chi connectivity index (χ4v) is 8.43.